The highest BCUT2D eigenvalue weighted by Gasteiger charge is 2.19. The quantitative estimate of drug-likeness (QED) is 0.348. The van der Waals surface area contributed by atoms with E-state index in [-0.39, 0.29) is 12.5 Å². The highest BCUT2D eigenvalue weighted by molar-refractivity contribution is 5.98. The van der Waals surface area contributed by atoms with Gasteiger partial charge in [0.2, 0.25) is 0 Å². The van der Waals surface area contributed by atoms with Gasteiger partial charge in [-0.15, -0.1) is 0 Å². The van der Waals surface area contributed by atoms with E-state index >= 15 is 0 Å². The number of ether oxygens (including phenoxy) is 3. The van der Waals surface area contributed by atoms with Gasteiger partial charge < -0.3 is 29.6 Å². The molecule has 1 aromatic heterocycles. The topological polar surface area (TPSA) is 92.8 Å². The number of hydrogen-bond acceptors (Lipinski definition) is 5. The van der Waals surface area contributed by atoms with E-state index in [1.807, 2.05) is 54.7 Å². The van der Waals surface area contributed by atoms with Gasteiger partial charge in [0.15, 0.2) is 11.5 Å². The summed E-state index contributed by atoms with van der Waals surface area (Å²) < 4.78 is 16.2. The van der Waals surface area contributed by atoms with Crippen LogP contribution >= 0.6 is 0 Å². The van der Waals surface area contributed by atoms with Gasteiger partial charge in [-0.25, -0.2) is 0 Å². The molecule has 0 unspecified atom stereocenters. The molecule has 0 saturated carbocycles. The Labute approximate surface area is 198 Å². The van der Waals surface area contributed by atoms with Crippen LogP contribution in [0.2, 0.25) is 0 Å². The lowest BCUT2D eigenvalue weighted by atomic mass is 10.0. The van der Waals surface area contributed by atoms with Crippen molar-refractivity contribution in [1.29, 1.82) is 0 Å². The number of benzene rings is 3. The summed E-state index contributed by atoms with van der Waals surface area (Å²) in [7, 11) is 4.69. The molecule has 0 aliphatic heterocycles. The smallest absolute Gasteiger partial charge is 0.255 e. The third-order valence-corrected chi connectivity index (χ3v) is 5.86. The van der Waals surface area contributed by atoms with Crippen molar-refractivity contribution in [3.05, 3.63) is 78.0 Å². The lowest BCUT2D eigenvalue weighted by molar-refractivity contribution is 0.0913. The van der Waals surface area contributed by atoms with E-state index in [9.17, 15) is 9.90 Å². The molecule has 0 aliphatic carbocycles. The van der Waals surface area contributed by atoms with E-state index in [1.54, 1.807) is 26.4 Å². The molecule has 7 nitrogen and oxygen atoms in total. The predicted molar refractivity (Wildman–Crippen MR) is 132 cm³/mol. The van der Waals surface area contributed by atoms with Gasteiger partial charge >= 0.3 is 0 Å². The van der Waals surface area contributed by atoms with Crippen molar-refractivity contribution in [2.45, 2.75) is 12.5 Å². The van der Waals surface area contributed by atoms with Crippen LogP contribution in [0.5, 0.6) is 17.2 Å². The largest absolute Gasteiger partial charge is 0.496 e. The predicted octanol–water partition coefficient (Wildman–Crippen LogP) is 4.19. The van der Waals surface area contributed by atoms with Crippen LogP contribution in [0.15, 0.2) is 66.9 Å². The summed E-state index contributed by atoms with van der Waals surface area (Å²) in [5.41, 5.74) is 4.12. The molecule has 1 atom stereocenters. The number of hydrogen-bond donors (Lipinski definition) is 3. The summed E-state index contributed by atoms with van der Waals surface area (Å²) in [5, 5.41) is 14.0. The van der Waals surface area contributed by atoms with Crippen molar-refractivity contribution in [3.63, 3.8) is 0 Å². The Morgan fingerprint density at radius 3 is 2.29 bits per heavy atom. The van der Waals surface area contributed by atoms with E-state index in [1.165, 1.54) is 7.11 Å². The molecule has 0 spiro atoms. The zero-order valence-electron chi connectivity index (χ0n) is 19.4. The fraction of sp³-hybridized carbons (Fsp3) is 0.222. The maximum Gasteiger partial charge on any atom is 0.255 e. The number of aromatic nitrogens is 1. The summed E-state index contributed by atoms with van der Waals surface area (Å²) in [6.45, 7) is -0.192. The van der Waals surface area contributed by atoms with E-state index < -0.39 is 6.04 Å². The average molecular weight is 461 g/mol. The molecule has 7 heteroatoms. The van der Waals surface area contributed by atoms with E-state index in [4.69, 9.17) is 14.2 Å². The van der Waals surface area contributed by atoms with Crippen LogP contribution in [0.1, 0.15) is 15.9 Å². The number of amides is 1. The maximum atomic E-state index is 13.2. The molecule has 0 saturated heterocycles. The number of H-pyrrole nitrogens is 1. The van der Waals surface area contributed by atoms with Gasteiger partial charge in [0.05, 0.1) is 39.5 Å². The van der Waals surface area contributed by atoms with Crippen molar-refractivity contribution in [2.24, 2.45) is 0 Å². The van der Waals surface area contributed by atoms with Crippen molar-refractivity contribution in [1.82, 2.24) is 10.3 Å². The Hall–Kier alpha value is -3.97. The van der Waals surface area contributed by atoms with Crippen molar-refractivity contribution in [3.8, 4) is 28.4 Å². The number of rotatable bonds is 9. The van der Waals surface area contributed by atoms with Crippen LogP contribution in [0, 0.1) is 0 Å². The SMILES string of the molecule is COc1ccc(-c2ccc(OC)c(C(=O)N[C@@H](CO)Cc3c[nH]c4ccccc34)c2)cc1OC. The van der Waals surface area contributed by atoms with Crippen LogP contribution in [0.4, 0.5) is 0 Å². The van der Waals surface area contributed by atoms with Gasteiger partial charge in [-0.2, -0.15) is 0 Å². The zero-order chi connectivity index (χ0) is 24.1. The van der Waals surface area contributed by atoms with Crippen LogP contribution in [0.3, 0.4) is 0 Å². The molecule has 34 heavy (non-hydrogen) atoms. The van der Waals surface area contributed by atoms with Gasteiger partial charge in [-0.3, -0.25) is 4.79 Å². The Balaban J connectivity index is 1.59. The van der Waals surface area contributed by atoms with Gasteiger partial charge in [0.25, 0.3) is 5.91 Å². The number of nitrogens with one attached hydrogen (secondary N) is 2. The van der Waals surface area contributed by atoms with Gasteiger partial charge in [-0.1, -0.05) is 30.3 Å². The minimum atomic E-state index is -0.457. The first kappa shape index (κ1) is 23.2. The van der Waals surface area contributed by atoms with Gasteiger partial charge in [0.1, 0.15) is 5.75 Å². The Kier molecular flexibility index (Phi) is 7.04. The molecular formula is C27H28N2O5. The molecule has 0 aliphatic rings. The third kappa shape index (κ3) is 4.70. The first-order valence-corrected chi connectivity index (χ1v) is 10.9. The second kappa shape index (κ2) is 10.3. The summed E-state index contributed by atoms with van der Waals surface area (Å²) >= 11 is 0. The van der Waals surface area contributed by atoms with E-state index in [0.29, 0.717) is 29.2 Å². The van der Waals surface area contributed by atoms with Crippen molar-refractivity contribution >= 4 is 16.8 Å². The normalized spacial score (nSPS) is 11.8. The van der Waals surface area contributed by atoms with E-state index in [2.05, 4.69) is 10.3 Å². The third-order valence-electron chi connectivity index (χ3n) is 5.86. The summed E-state index contributed by atoms with van der Waals surface area (Å²) in [4.78, 5) is 16.5. The number of fused-ring (bicyclic) bond motifs is 1. The van der Waals surface area contributed by atoms with Crippen LogP contribution < -0.4 is 19.5 Å². The summed E-state index contributed by atoms with van der Waals surface area (Å²) in [6, 6.07) is 18.5. The Bertz CT molecular complexity index is 1300. The number of aromatic amines is 1. The van der Waals surface area contributed by atoms with Gasteiger partial charge in [-0.05, 0) is 53.4 Å². The molecule has 0 bridgehead atoms. The maximum absolute atomic E-state index is 13.2. The number of aliphatic hydroxyl groups is 1. The fourth-order valence-electron chi connectivity index (χ4n) is 4.07. The average Bonchev–Trinajstić information content (AvgIpc) is 3.30. The molecule has 4 aromatic rings. The molecule has 3 aromatic carbocycles. The molecule has 0 radical (unpaired) electrons. The van der Waals surface area contributed by atoms with Crippen LogP contribution in [0.25, 0.3) is 22.0 Å². The minimum Gasteiger partial charge on any atom is -0.496 e. The van der Waals surface area contributed by atoms with Crippen molar-refractivity contribution in [2.75, 3.05) is 27.9 Å². The van der Waals surface area contributed by atoms with E-state index in [0.717, 1.165) is 27.6 Å². The first-order chi connectivity index (χ1) is 16.6. The standard InChI is InChI=1S/C27H28N2O5/c1-32-24-10-8-17(18-9-11-25(33-2)26(14-18)34-3)13-22(24)27(31)29-20(16-30)12-19-15-28-23-7-5-4-6-21(19)23/h4-11,13-15,20,28,30H,12,16H2,1-3H3,(H,29,31)/t20-/m1/s1. The van der Waals surface area contributed by atoms with Crippen LogP contribution in [-0.2, 0) is 6.42 Å². The lowest BCUT2D eigenvalue weighted by Gasteiger charge is -2.18. The molecule has 176 valence electrons. The molecule has 3 N–H and O–H groups in total. The minimum absolute atomic E-state index is 0.192. The zero-order valence-corrected chi connectivity index (χ0v) is 19.4. The molecule has 4 rings (SSSR count). The second-order valence-electron chi connectivity index (χ2n) is 7.90. The molecular weight excluding hydrogens is 432 g/mol. The molecule has 1 amide bonds. The number of carbonyl (C=O) groups excluding carboxylic acids is 1. The number of para-hydroxylation sites is 1. The summed E-state index contributed by atoms with van der Waals surface area (Å²) in [6.07, 6.45) is 2.40. The lowest BCUT2D eigenvalue weighted by Crippen LogP contribution is -2.39. The fourth-order valence-corrected chi connectivity index (χ4v) is 4.07. The number of methoxy groups -OCH3 is 3. The highest BCUT2D eigenvalue weighted by Crippen LogP contribution is 2.34. The van der Waals surface area contributed by atoms with Gasteiger partial charge in [0, 0.05) is 17.1 Å². The highest BCUT2D eigenvalue weighted by atomic mass is 16.5. The van der Waals surface area contributed by atoms with Crippen molar-refractivity contribution < 1.29 is 24.1 Å². The molecule has 1 heterocycles. The monoisotopic (exact) mass is 460 g/mol. The Morgan fingerprint density at radius 2 is 1.59 bits per heavy atom. The van der Waals surface area contributed by atoms with Crippen LogP contribution in [-0.4, -0.2) is 50.0 Å². The summed E-state index contributed by atoms with van der Waals surface area (Å²) in [5.74, 6) is 1.35. The number of carbonyl (C=O) groups is 1. The Morgan fingerprint density at radius 1 is 0.912 bits per heavy atom. The number of aliphatic hydroxyl groups excluding tert-OH is 1. The first-order valence-electron chi connectivity index (χ1n) is 10.9. The second-order valence-corrected chi connectivity index (χ2v) is 7.90. The molecule has 0 fully saturated rings.